The number of ketones is 1. The first-order valence-electron chi connectivity index (χ1n) is 10.9. The van der Waals surface area contributed by atoms with E-state index in [2.05, 4.69) is 15.6 Å². The standard InChI is InChI=1S/C27H23N3O5/c31-25(19-4-2-1-3-5-19)17-35-23-10-7-18(8-11-23)24(16-29-27(33)34)26(32)30-22-9-6-21-15-28-13-12-20(21)14-22/h1-15,24,29H,16-17H2,(H,30,32)(H,33,34). The zero-order valence-corrected chi connectivity index (χ0v) is 18.7. The Kier molecular flexibility index (Phi) is 7.32. The van der Waals surface area contributed by atoms with Gasteiger partial charge in [-0.3, -0.25) is 14.6 Å². The average Bonchev–Trinajstić information content (AvgIpc) is 2.88. The lowest BCUT2D eigenvalue weighted by molar-refractivity contribution is -0.117. The first kappa shape index (κ1) is 23.4. The molecule has 2 amide bonds. The molecule has 1 unspecified atom stereocenters. The fraction of sp³-hybridized carbons (Fsp3) is 0.111. The van der Waals surface area contributed by atoms with Crippen LogP contribution in [0.5, 0.6) is 5.75 Å². The van der Waals surface area contributed by atoms with E-state index in [-0.39, 0.29) is 24.8 Å². The van der Waals surface area contributed by atoms with Gasteiger partial charge < -0.3 is 20.5 Å². The molecule has 35 heavy (non-hydrogen) atoms. The summed E-state index contributed by atoms with van der Waals surface area (Å²) in [6, 6.07) is 22.8. The molecule has 0 aliphatic carbocycles. The average molecular weight is 469 g/mol. The lowest BCUT2D eigenvalue weighted by atomic mass is 9.97. The number of amides is 2. The highest BCUT2D eigenvalue weighted by atomic mass is 16.5. The monoisotopic (exact) mass is 469 g/mol. The minimum Gasteiger partial charge on any atom is -0.485 e. The van der Waals surface area contributed by atoms with Crippen LogP contribution in [0.25, 0.3) is 10.8 Å². The molecule has 1 heterocycles. The maximum atomic E-state index is 13.1. The molecule has 0 fully saturated rings. The van der Waals surface area contributed by atoms with E-state index >= 15 is 0 Å². The van der Waals surface area contributed by atoms with Crippen LogP contribution < -0.4 is 15.4 Å². The molecule has 0 spiro atoms. The minimum absolute atomic E-state index is 0.106. The third-order valence-corrected chi connectivity index (χ3v) is 5.43. The zero-order chi connectivity index (χ0) is 24.6. The molecule has 1 atom stereocenters. The van der Waals surface area contributed by atoms with E-state index in [9.17, 15) is 14.4 Å². The van der Waals surface area contributed by atoms with Crippen LogP contribution >= 0.6 is 0 Å². The summed E-state index contributed by atoms with van der Waals surface area (Å²) in [5.74, 6) is -0.824. The highest BCUT2D eigenvalue weighted by Gasteiger charge is 2.22. The zero-order valence-electron chi connectivity index (χ0n) is 18.7. The van der Waals surface area contributed by atoms with Crippen LogP contribution in [0.1, 0.15) is 21.8 Å². The van der Waals surface area contributed by atoms with Crippen molar-refractivity contribution in [3.8, 4) is 5.75 Å². The first-order valence-corrected chi connectivity index (χ1v) is 10.9. The highest BCUT2D eigenvalue weighted by Crippen LogP contribution is 2.23. The molecule has 0 aliphatic heterocycles. The van der Waals surface area contributed by atoms with E-state index in [1.807, 2.05) is 24.3 Å². The Morgan fingerprint density at radius 1 is 0.914 bits per heavy atom. The van der Waals surface area contributed by atoms with E-state index in [1.54, 1.807) is 67.0 Å². The van der Waals surface area contributed by atoms with Crippen LogP contribution in [0.3, 0.4) is 0 Å². The van der Waals surface area contributed by atoms with E-state index < -0.39 is 12.0 Å². The number of carboxylic acid groups (broad SMARTS) is 1. The molecule has 4 rings (SSSR count). The minimum atomic E-state index is -1.22. The Morgan fingerprint density at radius 3 is 2.43 bits per heavy atom. The van der Waals surface area contributed by atoms with Crippen LogP contribution in [-0.2, 0) is 4.79 Å². The second-order valence-electron chi connectivity index (χ2n) is 7.81. The van der Waals surface area contributed by atoms with Gasteiger partial charge >= 0.3 is 6.09 Å². The summed E-state index contributed by atoms with van der Waals surface area (Å²) in [4.78, 5) is 40.5. The fourth-order valence-corrected chi connectivity index (χ4v) is 3.59. The lowest BCUT2D eigenvalue weighted by Crippen LogP contribution is -2.33. The molecule has 4 aromatic rings. The molecular weight excluding hydrogens is 446 g/mol. The van der Waals surface area contributed by atoms with Crippen molar-refractivity contribution in [1.82, 2.24) is 10.3 Å². The molecule has 3 aromatic carbocycles. The first-order chi connectivity index (χ1) is 17.0. The number of carbonyl (C=O) groups is 3. The molecule has 8 heteroatoms. The van der Waals surface area contributed by atoms with E-state index in [0.717, 1.165) is 10.8 Å². The van der Waals surface area contributed by atoms with Gasteiger partial charge in [-0.05, 0) is 41.3 Å². The predicted octanol–water partition coefficient (Wildman–Crippen LogP) is 4.49. The van der Waals surface area contributed by atoms with Gasteiger partial charge in [-0.1, -0.05) is 48.5 Å². The Morgan fingerprint density at radius 2 is 1.69 bits per heavy atom. The summed E-state index contributed by atoms with van der Waals surface area (Å²) >= 11 is 0. The molecule has 0 aliphatic rings. The third-order valence-electron chi connectivity index (χ3n) is 5.43. The molecule has 0 saturated heterocycles. The van der Waals surface area contributed by atoms with E-state index in [4.69, 9.17) is 9.84 Å². The SMILES string of the molecule is O=C(O)NCC(C(=O)Nc1ccc2cnccc2c1)c1ccc(OCC(=O)c2ccccc2)cc1. The van der Waals surface area contributed by atoms with E-state index in [1.165, 1.54) is 0 Å². The third kappa shape index (κ3) is 6.20. The summed E-state index contributed by atoms with van der Waals surface area (Å²) in [5.41, 5.74) is 1.75. The van der Waals surface area contributed by atoms with Crippen LogP contribution in [0.15, 0.2) is 91.3 Å². The van der Waals surface area contributed by atoms with Crippen LogP contribution in [0, 0.1) is 0 Å². The number of nitrogens with one attached hydrogen (secondary N) is 2. The number of ether oxygens (including phenoxy) is 1. The quantitative estimate of drug-likeness (QED) is 0.311. The topological polar surface area (TPSA) is 118 Å². The predicted molar refractivity (Wildman–Crippen MR) is 132 cm³/mol. The molecular formula is C27H23N3O5. The van der Waals surface area contributed by atoms with Crippen molar-refractivity contribution in [2.45, 2.75) is 5.92 Å². The molecule has 0 saturated carbocycles. The van der Waals surface area contributed by atoms with E-state index in [0.29, 0.717) is 22.6 Å². The van der Waals surface area contributed by atoms with Crippen LogP contribution in [-0.4, -0.2) is 41.0 Å². The Balaban J connectivity index is 1.45. The summed E-state index contributed by atoms with van der Waals surface area (Å²) in [5, 5.41) is 16.1. The number of Topliss-reactive ketones (excluding diaryl/α,β-unsaturated/α-hetero) is 1. The molecule has 0 bridgehead atoms. The number of nitrogens with zero attached hydrogens (tertiary/aromatic N) is 1. The number of hydrogen-bond donors (Lipinski definition) is 3. The fourth-order valence-electron chi connectivity index (χ4n) is 3.59. The maximum absolute atomic E-state index is 13.1. The van der Waals surface area contributed by atoms with Gasteiger partial charge in [-0.15, -0.1) is 0 Å². The van der Waals surface area contributed by atoms with Gasteiger partial charge in [-0.25, -0.2) is 4.79 Å². The van der Waals surface area contributed by atoms with Gasteiger partial charge in [0.15, 0.2) is 12.4 Å². The maximum Gasteiger partial charge on any atom is 0.404 e. The number of fused-ring (bicyclic) bond motifs is 1. The number of hydrogen-bond acceptors (Lipinski definition) is 5. The Hall–Kier alpha value is -4.72. The van der Waals surface area contributed by atoms with Crippen molar-refractivity contribution in [2.24, 2.45) is 0 Å². The number of aromatic nitrogens is 1. The molecule has 0 radical (unpaired) electrons. The number of carbonyl (C=O) groups excluding carboxylic acids is 2. The van der Waals surface area contributed by atoms with Crippen molar-refractivity contribution < 1.29 is 24.2 Å². The highest BCUT2D eigenvalue weighted by molar-refractivity contribution is 5.98. The van der Waals surface area contributed by atoms with Crippen molar-refractivity contribution in [1.29, 1.82) is 0 Å². The molecule has 1 aromatic heterocycles. The molecule has 3 N–H and O–H groups in total. The number of pyridine rings is 1. The van der Waals surface area contributed by atoms with Crippen LogP contribution in [0.2, 0.25) is 0 Å². The second-order valence-corrected chi connectivity index (χ2v) is 7.81. The van der Waals surface area contributed by atoms with Crippen molar-refractivity contribution in [3.05, 3.63) is 102 Å². The van der Waals surface area contributed by atoms with Gasteiger partial charge in [0.1, 0.15) is 5.75 Å². The summed E-state index contributed by atoms with van der Waals surface area (Å²) in [6.07, 6.45) is 2.18. The summed E-state index contributed by atoms with van der Waals surface area (Å²) < 4.78 is 5.59. The smallest absolute Gasteiger partial charge is 0.404 e. The van der Waals surface area contributed by atoms with Gasteiger partial charge in [0.25, 0.3) is 0 Å². The van der Waals surface area contributed by atoms with Gasteiger partial charge in [-0.2, -0.15) is 0 Å². The Bertz CT molecular complexity index is 1340. The largest absolute Gasteiger partial charge is 0.485 e. The van der Waals surface area contributed by atoms with Crippen LogP contribution in [0.4, 0.5) is 10.5 Å². The summed E-state index contributed by atoms with van der Waals surface area (Å²) in [6.45, 7) is -0.226. The lowest BCUT2D eigenvalue weighted by Gasteiger charge is -2.18. The van der Waals surface area contributed by atoms with Gasteiger partial charge in [0.05, 0.1) is 5.92 Å². The van der Waals surface area contributed by atoms with Crippen molar-refractivity contribution in [2.75, 3.05) is 18.5 Å². The number of anilines is 1. The van der Waals surface area contributed by atoms with Crippen molar-refractivity contribution >= 4 is 34.2 Å². The summed E-state index contributed by atoms with van der Waals surface area (Å²) in [7, 11) is 0. The van der Waals surface area contributed by atoms with Gasteiger partial charge in [0, 0.05) is 35.6 Å². The molecule has 176 valence electrons. The van der Waals surface area contributed by atoms with Crippen molar-refractivity contribution in [3.63, 3.8) is 0 Å². The van der Waals surface area contributed by atoms with Gasteiger partial charge in [0.2, 0.25) is 5.91 Å². The second kappa shape index (κ2) is 10.9. The molecule has 8 nitrogen and oxygen atoms in total. The normalized spacial score (nSPS) is 11.4. The number of rotatable bonds is 9. The number of benzene rings is 3. The Labute approximate surface area is 201 Å².